The molecular weight excluding hydrogens is 364 g/mol. The van der Waals surface area contributed by atoms with Crippen LogP contribution in [0, 0.1) is 13.8 Å². The molecule has 2 aromatic rings. The third kappa shape index (κ3) is 4.20. The Morgan fingerprint density at radius 1 is 1.28 bits per heavy atom. The number of carbonyl (C=O) groups excluding carboxylic acids is 1. The number of piperidine rings is 1. The number of hydrogen-bond donors (Lipinski definition) is 0. The Bertz CT molecular complexity index is 891. The zero-order chi connectivity index (χ0) is 20.5. The van der Waals surface area contributed by atoms with Crippen molar-refractivity contribution in [2.75, 3.05) is 20.1 Å². The van der Waals surface area contributed by atoms with Crippen LogP contribution in [0.1, 0.15) is 73.2 Å². The molecule has 0 aliphatic carbocycles. The van der Waals surface area contributed by atoms with Gasteiger partial charge in [0, 0.05) is 43.4 Å². The Morgan fingerprint density at radius 2 is 2.10 bits per heavy atom. The van der Waals surface area contributed by atoms with Crippen LogP contribution >= 0.6 is 0 Å². The summed E-state index contributed by atoms with van der Waals surface area (Å²) in [5.41, 5.74) is 4.29. The molecule has 0 bridgehead atoms. The van der Waals surface area contributed by atoms with Crippen LogP contribution in [0.15, 0.2) is 12.3 Å². The van der Waals surface area contributed by atoms with Crippen molar-refractivity contribution in [2.45, 2.75) is 71.5 Å². The van der Waals surface area contributed by atoms with Crippen LogP contribution in [0.25, 0.3) is 0 Å². The summed E-state index contributed by atoms with van der Waals surface area (Å²) in [6.07, 6.45) is 6.84. The van der Waals surface area contributed by atoms with Gasteiger partial charge in [0.2, 0.25) is 5.91 Å². The summed E-state index contributed by atoms with van der Waals surface area (Å²) >= 11 is 0. The quantitative estimate of drug-likeness (QED) is 0.795. The predicted octanol–water partition coefficient (Wildman–Crippen LogP) is 2.98. The minimum atomic E-state index is 0.0538. The number of hydrogen-bond acceptors (Lipinski definition) is 5. The summed E-state index contributed by atoms with van der Waals surface area (Å²) < 4.78 is 1.96. The van der Waals surface area contributed by atoms with Crippen molar-refractivity contribution in [1.82, 2.24) is 29.5 Å². The third-order valence-electron chi connectivity index (χ3n) is 6.31. The number of rotatable bonds is 4. The molecule has 7 heteroatoms. The normalized spacial score (nSPS) is 21.1. The van der Waals surface area contributed by atoms with Gasteiger partial charge in [-0.25, -0.2) is 9.97 Å². The number of likely N-dealkylation sites (tertiary alicyclic amines) is 1. The highest BCUT2D eigenvalue weighted by atomic mass is 16.2. The fourth-order valence-electron chi connectivity index (χ4n) is 4.67. The molecule has 4 heterocycles. The lowest BCUT2D eigenvalue weighted by molar-refractivity contribution is -0.133. The van der Waals surface area contributed by atoms with Crippen LogP contribution in [0.2, 0.25) is 0 Å². The Morgan fingerprint density at radius 3 is 2.83 bits per heavy atom. The smallest absolute Gasteiger partial charge is 0.225 e. The summed E-state index contributed by atoms with van der Waals surface area (Å²) in [6, 6.07) is 2.44. The fourth-order valence-corrected chi connectivity index (χ4v) is 4.67. The second-order valence-electron chi connectivity index (χ2n) is 8.68. The maximum Gasteiger partial charge on any atom is 0.225 e. The topological polar surface area (TPSA) is 67.2 Å². The van der Waals surface area contributed by atoms with E-state index in [0.717, 1.165) is 54.4 Å². The third-order valence-corrected chi connectivity index (χ3v) is 6.31. The molecule has 1 fully saturated rings. The monoisotopic (exact) mass is 396 g/mol. The van der Waals surface area contributed by atoms with Crippen LogP contribution in [0.3, 0.4) is 0 Å². The SMILES string of the molecule is Cc1cc(C)n([C@@H](C)CC(=O)N2CCc3nc([C@H]4CCCCN4C)ncc3C2)n1. The van der Waals surface area contributed by atoms with E-state index in [-0.39, 0.29) is 11.9 Å². The molecule has 2 atom stereocenters. The van der Waals surface area contributed by atoms with Crippen molar-refractivity contribution >= 4 is 5.91 Å². The molecule has 0 N–H and O–H groups in total. The molecule has 1 amide bonds. The largest absolute Gasteiger partial charge is 0.338 e. The zero-order valence-electron chi connectivity index (χ0n) is 18.1. The van der Waals surface area contributed by atoms with Gasteiger partial charge < -0.3 is 4.90 Å². The number of fused-ring (bicyclic) bond motifs is 1. The highest BCUT2D eigenvalue weighted by Crippen LogP contribution is 2.28. The molecule has 0 aromatic carbocycles. The highest BCUT2D eigenvalue weighted by Gasteiger charge is 2.27. The van der Waals surface area contributed by atoms with Crippen molar-refractivity contribution in [3.8, 4) is 0 Å². The lowest BCUT2D eigenvalue weighted by Gasteiger charge is -2.33. The van der Waals surface area contributed by atoms with Crippen molar-refractivity contribution in [3.63, 3.8) is 0 Å². The van der Waals surface area contributed by atoms with E-state index in [1.807, 2.05) is 29.6 Å². The second kappa shape index (κ2) is 8.22. The summed E-state index contributed by atoms with van der Waals surface area (Å²) in [5.74, 6) is 1.12. The summed E-state index contributed by atoms with van der Waals surface area (Å²) in [6.45, 7) is 8.53. The highest BCUT2D eigenvalue weighted by molar-refractivity contribution is 5.76. The number of nitrogens with zero attached hydrogens (tertiary/aromatic N) is 6. The molecule has 29 heavy (non-hydrogen) atoms. The molecular formula is C22H32N6O. The first kappa shape index (κ1) is 20.0. The molecule has 0 spiro atoms. The van der Waals surface area contributed by atoms with Gasteiger partial charge in [-0.05, 0) is 53.3 Å². The predicted molar refractivity (Wildman–Crippen MR) is 111 cm³/mol. The van der Waals surface area contributed by atoms with Gasteiger partial charge in [-0.3, -0.25) is 14.4 Å². The first-order valence-corrected chi connectivity index (χ1v) is 10.8. The van der Waals surface area contributed by atoms with Gasteiger partial charge in [0.25, 0.3) is 0 Å². The molecule has 1 saturated heterocycles. The first-order chi connectivity index (χ1) is 13.9. The summed E-state index contributed by atoms with van der Waals surface area (Å²) in [7, 11) is 2.16. The van der Waals surface area contributed by atoms with E-state index in [0.29, 0.717) is 19.0 Å². The standard InChI is InChI=1S/C22H32N6O/c1-15-11-16(2)28(25-15)17(3)12-21(29)27-10-8-19-18(14-27)13-23-22(24-19)20-7-5-6-9-26(20)4/h11,13,17,20H,5-10,12,14H2,1-4H3/t17-,20+/m0/s1. The maximum atomic E-state index is 12.9. The number of aromatic nitrogens is 4. The molecule has 2 aliphatic heterocycles. The average molecular weight is 397 g/mol. The Hall–Kier alpha value is -2.28. The molecule has 2 aromatic heterocycles. The van der Waals surface area contributed by atoms with Gasteiger partial charge in [-0.2, -0.15) is 5.10 Å². The Balaban J connectivity index is 1.42. The van der Waals surface area contributed by atoms with Gasteiger partial charge in [0.15, 0.2) is 0 Å². The van der Waals surface area contributed by atoms with E-state index >= 15 is 0 Å². The van der Waals surface area contributed by atoms with Gasteiger partial charge >= 0.3 is 0 Å². The van der Waals surface area contributed by atoms with Crippen molar-refractivity contribution in [2.24, 2.45) is 0 Å². The molecule has 156 valence electrons. The molecule has 0 radical (unpaired) electrons. The molecule has 0 saturated carbocycles. The van der Waals surface area contributed by atoms with Crippen molar-refractivity contribution in [1.29, 1.82) is 0 Å². The first-order valence-electron chi connectivity index (χ1n) is 10.8. The van der Waals surface area contributed by atoms with Crippen molar-refractivity contribution in [3.05, 3.63) is 40.7 Å². The minimum Gasteiger partial charge on any atom is -0.338 e. The van der Waals surface area contributed by atoms with Gasteiger partial charge in [-0.1, -0.05) is 6.42 Å². The van der Waals surface area contributed by atoms with E-state index < -0.39 is 0 Å². The lowest BCUT2D eigenvalue weighted by atomic mass is 10.0. The average Bonchev–Trinajstić information content (AvgIpc) is 3.05. The second-order valence-corrected chi connectivity index (χ2v) is 8.68. The number of aryl methyl sites for hydroxylation is 2. The van der Waals surface area contributed by atoms with E-state index in [1.165, 1.54) is 12.8 Å². The van der Waals surface area contributed by atoms with E-state index in [4.69, 9.17) is 4.98 Å². The Labute approximate surface area is 173 Å². The maximum absolute atomic E-state index is 12.9. The van der Waals surface area contributed by atoms with Crippen LogP contribution in [-0.4, -0.2) is 55.6 Å². The minimum absolute atomic E-state index is 0.0538. The van der Waals surface area contributed by atoms with E-state index in [2.05, 4.69) is 35.0 Å². The van der Waals surface area contributed by atoms with Crippen LogP contribution in [0.5, 0.6) is 0 Å². The van der Waals surface area contributed by atoms with E-state index in [9.17, 15) is 4.79 Å². The molecule has 7 nitrogen and oxygen atoms in total. The van der Waals surface area contributed by atoms with Gasteiger partial charge in [-0.15, -0.1) is 0 Å². The summed E-state index contributed by atoms with van der Waals surface area (Å²) in [5, 5.41) is 4.53. The Kier molecular flexibility index (Phi) is 5.67. The van der Waals surface area contributed by atoms with Gasteiger partial charge in [0.05, 0.1) is 23.5 Å². The molecule has 2 aliphatic rings. The van der Waals surface area contributed by atoms with Crippen LogP contribution in [-0.2, 0) is 17.8 Å². The summed E-state index contributed by atoms with van der Waals surface area (Å²) in [4.78, 5) is 26.8. The fraction of sp³-hybridized carbons (Fsp3) is 0.636. The zero-order valence-corrected chi connectivity index (χ0v) is 18.1. The molecule has 4 rings (SSSR count). The van der Waals surface area contributed by atoms with Gasteiger partial charge in [0.1, 0.15) is 5.82 Å². The van der Waals surface area contributed by atoms with Crippen LogP contribution < -0.4 is 0 Å². The van der Waals surface area contributed by atoms with Crippen molar-refractivity contribution < 1.29 is 4.79 Å². The molecule has 0 unspecified atom stereocenters. The number of carbonyl (C=O) groups is 1. The van der Waals surface area contributed by atoms with E-state index in [1.54, 1.807) is 0 Å². The van der Waals surface area contributed by atoms with Crippen LogP contribution in [0.4, 0.5) is 0 Å². The lowest BCUT2D eigenvalue weighted by Crippen LogP contribution is -2.38. The number of amides is 1.